The molecule has 1 atom stereocenters. The van der Waals surface area contributed by atoms with E-state index in [4.69, 9.17) is 9.47 Å². The number of rotatable bonds is 11. The van der Waals surface area contributed by atoms with Gasteiger partial charge in [0.15, 0.2) is 0 Å². The third kappa shape index (κ3) is 5.07. The molecular formula is C19H21F11O2. The van der Waals surface area contributed by atoms with Gasteiger partial charge in [0.1, 0.15) is 5.75 Å². The molecule has 0 aliphatic rings. The molecule has 1 rings (SSSR count). The third-order valence-corrected chi connectivity index (χ3v) is 4.85. The lowest BCUT2D eigenvalue weighted by Gasteiger charge is -2.40. The Labute approximate surface area is 176 Å². The number of unbranched alkanes of at least 4 members (excludes halogenated alkanes) is 1. The maximum Gasteiger partial charge on any atom is 0.460 e. The van der Waals surface area contributed by atoms with Crippen LogP contribution in [-0.4, -0.2) is 43.6 Å². The monoisotopic (exact) mass is 490 g/mol. The van der Waals surface area contributed by atoms with E-state index in [0.717, 1.165) is 32.6 Å². The van der Waals surface area contributed by atoms with Crippen LogP contribution in [0.5, 0.6) is 5.75 Å². The minimum atomic E-state index is -7.45. The van der Waals surface area contributed by atoms with Crippen molar-refractivity contribution < 1.29 is 57.8 Å². The Morgan fingerprint density at radius 3 is 1.66 bits per heavy atom. The number of alkyl halides is 11. The molecule has 0 spiro atoms. The molecule has 0 amide bonds. The number of benzene rings is 1. The molecule has 186 valence electrons. The average Bonchev–Trinajstić information content (AvgIpc) is 2.67. The number of hydrogen-bond acceptors (Lipinski definition) is 2. The summed E-state index contributed by atoms with van der Waals surface area (Å²) in [6.07, 6.45) is -8.03. The van der Waals surface area contributed by atoms with E-state index in [1.807, 2.05) is 6.92 Å². The minimum Gasteiger partial charge on any atom is -0.494 e. The fraction of sp³-hybridized carbons (Fsp3) is 0.684. The summed E-state index contributed by atoms with van der Waals surface area (Å²) in [6, 6.07) is 4.65. The van der Waals surface area contributed by atoms with Crippen LogP contribution in [0.15, 0.2) is 24.3 Å². The molecule has 0 saturated carbocycles. The molecule has 0 aliphatic carbocycles. The molecule has 0 aromatic heterocycles. The zero-order chi connectivity index (χ0) is 25.2. The summed E-state index contributed by atoms with van der Waals surface area (Å²) in [5.41, 5.74) is -2.72. The second-order valence-electron chi connectivity index (χ2n) is 7.26. The average molecular weight is 490 g/mol. The van der Waals surface area contributed by atoms with Gasteiger partial charge >= 0.3 is 29.9 Å². The first-order chi connectivity index (χ1) is 14.3. The first-order valence-corrected chi connectivity index (χ1v) is 9.17. The number of hydrogen-bond donors (Lipinski definition) is 0. The Morgan fingerprint density at radius 2 is 1.25 bits per heavy atom. The molecule has 0 heterocycles. The maximum atomic E-state index is 14.2. The van der Waals surface area contributed by atoms with Crippen LogP contribution in [-0.2, 0) is 10.3 Å². The van der Waals surface area contributed by atoms with Crippen molar-refractivity contribution in [2.45, 2.75) is 68.6 Å². The molecule has 32 heavy (non-hydrogen) atoms. The van der Waals surface area contributed by atoms with Gasteiger partial charge in [0.05, 0.1) is 18.6 Å². The summed E-state index contributed by atoms with van der Waals surface area (Å²) in [4.78, 5) is 0. The van der Waals surface area contributed by atoms with Crippen molar-refractivity contribution in [2.75, 3.05) is 13.7 Å². The molecule has 13 heteroatoms. The fourth-order valence-corrected chi connectivity index (χ4v) is 2.67. The van der Waals surface area contributed by atoms with Gasteiger partial charge in [0, 0.05) is 7.11 Å². The van der Waals surface area contributed by atoms with E-state index in [1.54, 1.807) is 0 Å². The van der Waals surface area contributed by atoms with Gasteiger partial charge in [-0.05, 0) is 31.0 Å². The Balaban J connectivity index is 3.27. The van der Waals surface area contributed by atoms with Crippen molar-refractivity contribution in [3.63, 3.8) is 0 Å². The SMILES string of the molecule is CCCCOc1ccc(C(C)(CC(F)(F)C(F)(F)C(F)(F)C(F)(F)C(F)(F)F)OC)cc1. The van der Waals surface area contributed by atoms with Crippen LogP contribution in [0, 0.1) is 0 Å². The lowest BCUT2D eigenvalue weighted by atomic mass is 9.85. The van der Waals surface area contributed by atoms with Crippen LogP contribution in [0.1, 0.15) is 38.7 Å². The topological polar surface area (TPSA) is 18.5 Å². The zero-order valence-corrected chi connectivity index (χ0v) is 17.1. The zero-order valence-electron chi connectivity index (χ0n) is 17.1. The number of ether oxygens (including phenoxy) is 2. The summed E-state index contributed by atoms with van der Waals surface area (Å²) in [6.45, 7) is 2.97. The Bertz CT molecular complexity index is 745. The number of halogens is 11. The molecule has 2 nitrogen and oxygen atoms in total. The largest absolute Gasteiger partial charge is 0.494 e. The van der Waals surface area contributed by atoms with Gasteiger partial charge in [-0.25, -0.2) is 0 Å². The molecule has 0 saturated heterocycles. The normalized spacial score (nSPS) is 16.1. The lowest BCUT2D eigenvalue weighted by molar-refractivity contribution is -0.424. The van der Waals surface area contributed by atoms with Crippen LogP contribution in [0.3, 0.4) is 0 Å². The molecular weight excluding hydrogens is 469 g/mol. The quantitative estimate of drug-likeness (QED) is 0.241. The van der Waals surface area contributed by atoms with Crippen molar-refractivity contribution >= 4 is 0 Å². The highest BCUT2D eigenvalue weighted by molar-refractivity contribution is 5.31. The van der Waals surface area contributed by atoms with Crippen LogP contribution >= 0.6 is 0 Å². The lowest BCUT2D eigenvalue weighted by Crippen LogP contribution is -2.67. The van der Waals surface area contributed by atoms with E-state index >= 15 is 0 Å². The highest BCUT2D eigenvalue weighted by Gasteiger charge is 2.87. The highest BCUT2D eigenvalue weighted by Crippen LogP contribution is 2.59. The van der Waals surface area contributed by atoms with Crippen molar-refractivity contribution in [3.8, 4) is 5.75 Å². The second kappa shape index (κ2) is 9.22. The molecule has 0 bridgehead atoms. The molecule has 0 N–H and O–H groups in total. The van der Waals surface area contributed by atoms with E-state index in [-0.39, 0.29) is 11.3 Å². The predicted molar refractivity (Wildman–Crippen MR) is 91.7 cm³/mol. The van der Waals surface area contributed by atoms with Crippen molar-refractivity contribution in [1.82, 2.24) is 0 Å². The van der Waals surface area contributed by atoms with E-state index < -0.39 is 41.9 Å². The molecule has 0 radical (unpaired) electrons. The van der Waals surface area contributed by atoms with Crippen LogP contribution < -0.4 is 4.74 Å². The van der Waals surface area contributed by atoms with Gasteiger partial charge in [0.25, 0.3) is 0 Å². The Hall–Kier alpha value is -1.79. The number of methoxy groups -OCH3 is 1. The van der Waals surface area contributed by atoms with Crippen molar-refractivity contribution in [3.05, 3.63) is 29.8 Å². The first kappa shape index (κ1) is 28.2. The standard InChI is InChI=1S/C19H21F11O2/c1-4-5-10-32-13-8-6-12(7-9-13)14(2,31-3)11-15(20,21)16(22,23)17(24,25)18(26,27)19(28,29)30/h6-9H,4-5,10-11H2,1-3H3. The smallest absolute Gasteiger partial charge is 0.460 e. The Morgan fingerprint density at radius 1 is 0.750 bits per heavy atom. The van der Waals surface area contributed by atoms with Gasteiger partial charge in [-0.3, -0.25) is 0 Å². The van der Waals surface area contributed by atoms with Gasteiger partial charge in [-0.15, -0.1) is 0 Å². The molecule has 0 aliphatic heterocycles. The van der Waals surface area contributed by atoms with Crippen LogP contribution in [0.2, 0.25) is 0 Å². The first-order valence-electron chi connectivity index (χ1n) is 9.17. The predicted octanol–water partition coefficient (Wildman–Crippen LogP) is 7.22. The van der Waals surface area contributed by atoms with Crippen molar-refractivity contribution in [1.29, 1.82) is 0 Å². The molecule has 1 aromatic rings. The van der Waals surface area contributed by atoms with Gasteiger partial charge in [0.2, 0.25) is 0 Å². The van der Waals surface area contributed by atoms with Gasteiger partial charge < -0.3 is 9.47 Å². The third-order valence-electron chi connectivity index (χ3n) is 4.85. The fourth-order valence-electron chi connectivity index (χ4n) is 2.67. The summed E-state index contributed by atoms with van der Waals surface area (Å²) >= 11 is 0. The van der Waals surface area contributed by atoms with E-state index in [2.05, 4.69) is 0 Å². The summed E-state index contributed by atoms with van der Waals surface area (Å²) in [7, 11) is 0.752. The van der Waals surface area contributed by atoms with E-state index in [9.17, 15) is 48.3 Å². The summed E-state index contributed by atoms with van der Waals surface area (Å²) in [5, 5.41) is 0. The van der Waals surface area contributed by atoms with Crippen LogP contribution in [0.4, 0.5) is 48.3 Å². The molecule has 0 fully saturated rings. The summed E-state index contributed by atoms with van der Waals surface area (Å²) in [5.74, 6) is -27.7. The second-order valence-corrected chi connectivity index (χ2v) is 7.26. The summed E-state index contributed by atoms with van der Waals surface area (Å²) < 4.78 is 156. The van der Waals surface area contributed by atoms with Gasteiger partial charge in [-0.1, -0.05) is 25.5 Å². The minimum absolute atomic E-state index is 0.258. The maximum absolute atomic E-state index is 14.2. The van der Waals surface area contributed by atoms with Crippen molar-refractivity contribution in [2.24, 2.45) is 0 Å². The molecule has 1 aromatic carbocycles. The van der Waals surface area contributed by atoms with E-state index in [0.29, 0.717) is 13.0 Å². The molecule has 1 unspecified atom stereocenters. The van der Waals surface area contributed by atoms with Gasteiger partial charge in [-0.2, -0.15) is 48.3 Å². The van der Waals surface area contributed by atoms with E-state index in [1.165, 1.54) is 12.1 Å². The Kier molecular flexibility index (Phi) is 8.14. The highest BCUT2D eigenvalue weighted by atomic mass is 19.4. The van der Waals surface area contributed by atoms with Crippen LogP contribution in [0.25, 0.3) is 0 Å².